The van der Waals surface area contributed by atoms with E-state index >= 15 is 0 Å². The number of nitrogens with zero attached hydrogens (tertiary/aromatic N) is 1. The number of amides is 1. The minimum Gasteiger partial charge on any atom is -0.487 e. The van der Waals surface area contributed by atoms with Crippen LogP contribution in [0.2, 0.25) is 0 Å². The Kier molecular flexibility index (Phi) is 7.54. The number of hydrogen-bond donors (Lipinski definition) is 1. The van der Waals surface area contributed by atoms with Crippen LogP contribution >= 0.6 is 0 Å². The molecule has 3 aromatic rings. The Morgan fingerprint density at radius 2 is 1.74 bits per heavy atom. The van der Waals surface area contributed by atoms with Crippen molar-refractivity contribution in [2.75, 3.05) is 6.54 Å². The van der Waals surface area contributed by atoms with E-state index in [4.69, 9.17) is 4.74 Å². The summed E-state index contributed by atoms with van der Waals surface area (Å²) in [6.45, 7) is 5.38. The lowest BCUT2D eigenvalue weighted by molar-refractivity contribution is -0.139. The maximum atomic E-state index is 13.3. The number of aliphatic carboxylic acids is 1. The summed E-state index contributed by atoms with van der Waals surface area (Å²) in [5, 5.41) is 9.36. The number of halogens is 3. The van der Waals surface area contributed by atoms with E-state index in [0.717, 1.165) is 28.2 Å². The highest BCUT2D eigenvalue weighted by Gasteiger charge is 2.36. The third-order valence-corrected chi connectivity index (χ3v) is 6.69. The van der Waals surface area contributed by atoms with Gasteiger partial charge >= 0.3 is 12.1 Å². The average Bonchev–Trinajstić information content (AvgIpc) is 3.17. The van der Waals surface area contributed by atoms with Crippen molar-refractivity contribution >= 4 is 11.9 Å². The topological polar surface area (TPSA) is 66.8 Å². The van der Waals surface area contributed by atoms with Crippen molar-refractivity contribution in [1.82, 2.24) is 4.90 Å². The minimum absolute atomic E-state index is 0.190. The first-order chi connectivity index (χ1) is 17.8. The van der Waals surface area contributed by atoms with Crippen molar-refractivity contribution in [3.05, 3.63) is 100 Å². The Balaban J connectivity index is 1.52. The predicted octanol–water partition coefficient (Wildman–Crippen LogP) is 6.49. The van der Waals surface area contributed by atoms with Gasteiger partial charge in [0.15, 0.2) is 0 Å². The molecule has 0 unspecified atom stereocenters. The molecule has 0 saturated heterocycles. The molecule has 0 saturated carbocycles. The van der Waals surface area contributed by atoms with Crippen LogP contribution in [0.4, 0.5) is 13.2 Å². The van der Waals surface area contributed by atoms with Gasteiger partial charge in [-0.1, -0.05) is 50.2 Å². The van der Waals surface area contributed by atoms with Crippen LogP contribution in [-0.2, 0) is 30.4 Å². The van der Waals surface area contributed by atoms with Gasteiger partial charge < -0.3 is 14.7 Å². The van der Waals surface area contributed by atoms with Crippen LogP contribution in [0.3, 0.4) is 0 Å². The third-order valence-electron chi connectivity index (χ3n) is 6.69. The smallest absolute Gasteiger partial charge is 0.416 e. The molecule has 0 fully saturated rings. The van der Waals surface area contributed by atoms with Gasteiger partial charge in [-0.2, -0.15) is 13.2 Å². The second-order valence-electron chi connectivity index (χ2n) is 10.4. The maximum absolute atomic E-state index is 13.3. The van der Waals surface area contributed by atoms with Crippen molar-refractivity contribution in [1.29, 1.82) is 0 Å². The highest BCUT2D eigenvalue weighted by Crippen LogP contribution is 2.38. The molecule has 1 N–H and O–H groups in total. The van der Waals surface area contributed by atoms with Crippen molar-refractivity contribution in [3.63, 3.8) is 0 Å². The van der Waals surface area contributed by atoms with Crippen LogP contribution in [0.15, 0.2) is 66.7 Å². The van der Waals surface area contributed by atoms with Gasteiger partial charge in [0.05, 0.1) is 5.56 Å². The van der Waals surface area contributed by atoms with E-state index < -0.39 is 35.8 Å². The van der Waals surface area contributed by atoms with Gasteiger partial charge in [0, 0.05) is 24.9 Å². The van der Waals surface area contributed by atoms with Gasteiger partial charge in [-0.05, 0) is 65.4 Å². The van der Waals surface area contributed by atoms with Crippen LogP contribution in [0, 0.1) is 0 Å². The molecule has 1 atom stereocenters. The number of hydrogen-bond acceptors (Lipinski definition) is 3. The van der Waals surface area contributed by atoms with Gasteiger partial charge in [0.25, 0.3) is 5.91 Å². The zero-order valence-electron chi connectivity index (χ0n) is 21.5. The van der Waals surface area contributed by atoms with E-state index in [0.29, 0.717) is 24.5 Å². The first-order valence-electron chi connectivity index (χ1n) is 12.4. The molecule has 1 heterocycles. The Hall–Kier alpha value is -3.81. The molecule has 4 rings (SSSR count). The zero-order valence-corrected chi connectivity index (χ0v) is 21.5. The van der Waals surface area contributed by atoms with Crippen LogP contribution in [-0.4, -0.2) is 34.0 Å². The number of ether oxygens (including phenoxy) is 1. The number of benzene rings is 3. The lowest BCUT2D eigenvalue weighted by Gasteiger charge is -2.24. The molecular formula is C30H30F3NO4. The zero-order chi connectivity index (χ0) is 27.7. The van der Waals surface area contributed by atoms with E-state index in [1.165, 1.54) is 17.7 Å². The number of carbonyl (C=O) groups excluding carboxylic acids is 1. The Morgan fingerprint density at radius 3 is 2.37 bits per heavy atom. The van der Waals surface area contributed by atoms with E-state index in [2.05, 4.69) is 38.1 Å². The second kappa shape index (κ2) is 10.5. The van der Waals surface area contributed by atoms with Gasteiger partial charge in [-0.3, -0.25) is 9.59 Å². The lowest BCUT2D eigenvalue weighted by atomic mass is 9.90. The Morgan fingerprint density at radius 1 is 1.03 bits per heavy atom. The molecule has 1 aliphatic rings. The molecule has 0 radical (unpaired) electrons. The SMILES string of the molecule is CC(C)c1ccc(C[C@@]2(C)Cc3cc(C(=O)N(CC(=O)O)Cc4cccc(C(F)(F)F)c4)ccc3O2)cc1. The molecule has 0 aromatic heterocycles. The van der Waals surface area contributed by atoms with Gasteiger partial charge in [-0.15, -0.1) is 0 Å². The molecule has 5 nitrogen and oxygen atoms in total. The van der Waals surface area contributed by atoms with Crippen LogP contribution in [0.5, 0.6) is 5.75 Å². The normalized spacial score (nSPS) is 16.7. The van der Waals surface area contributed by atoms with E-state index in [1.807, 2.05) is 6.92 Å². The number of carboxylic acid groups (broad SMARTS) is 1. The fourth-order valence-corrected chi connectivity index (χ4v) is 4.82. The largest absolute Gasteiger partial charge is 0.487 e. The van der Waals surface area contributed by atoms with E-state index in [1.54, 1.807) is 18.2 Å². The van der Waals surface area contributed by atoms with Crippen LogP contribution in [0.1, 0.15) is 64.9 Å². The van der Waals surface area contributed by atoms with Gasteiger partial charge in [0.2, 0.25) is 0 Å². The Labute approximate surface area is 219 Å². The summed E-state index contributed by atoms with van der Waals surface area (Å²) in [7, 11) is 0. The molecule has 0 aliphatic carbocycles. The summed E-state index contributed by atoms with van der Waals surface area (Å²) >= 11 is 0. The van der Waals surface area contributed by atoms with E-state index in [-0.39, 0.29) is 17.7 Å². The molecular weight excluding hydrogens is 495 g/mol. The molecule has 38 heavy (non-hydrogen) atoms. The van der Waals surface area contributed by atoms with Gasteiger partial charge in [-0.25, -0.2) is 0 Å². The first kappa shape index (κ1) is 27.2. The summed E-state index contributed by atoms with van der Waals surface area (Å²) in [4.78, 5) is 25.8. The summed E-state index contributed by atoms with van der Waals surface area (Å²) in [5.41, 5.74) is 2.30. The summed E-state index contributed by atoms with van der Waals surface area (Å²) < 4.78 is 45.6. The molecule has 8 heteroatoms. The number of carbonyl (C=O) groups is 2. The quantitative estimate of drug-likeness (QED) is 0.365. The predicted molar refractivity (Wildman–Crippen MR) is 137 cm³/mol. The fraction of sp³-hybridized carbons (Fsp3) is 0.333. The van der Waals surface area contributed by atoms with E-state index in [9.17, 15) is 27.9 Å². The highest BCUT2D eigenvalue weighted by molar-refractivity contribution is 5.96. The molecule has 200 valence electrons. The van der Waals surface area contributed by atoms with Gasteiger partial charge in [0.1, 0.15) is 17.9 Å². The molecule has 1 amide bonds. The number of rotatable bonds is 8. The molecule has 1 aliphatic heterocycles. The molecule has 0 spiro atoms. The average molecular weight is 526 g/mol. The molecule has 3 aromatic carbocycles. The maximum Gasteiger partial charge on any atom is 0.416 e. The minimum atomic E-state index is -4.54. The first-order valence-corrected chi connectivity index (χ1v) is 12.4. The molecule has 0 bridgehead atoms. The highest BCUT2D eigenvalue weighted by atomic mass is 19.4. The Bertz CT molecular complexity index is 1330. The van der Waals surface area contributed by atoms with Crippen molar-refractivity contribution in [2.45, 2.75) is 57.9 Å². The second-order valence-corrected chi connectivity index (χ2v) is 10.4. The fourth-order valence-electron chi connectivity index (χ4n) is 4.82. The lowest BCUT2D eigenvalue weighted by Crippen LogP contribution is -2.35. The van der Waals surface area contributed by atoms with Crippen LogP contribution < -0.4 is 4.74 Å². The number of carboxylic acids is 1. The van der Waals surface area contributed by atoms with Crippen molar-refractivity contribution < 1.29 is 32.6 Å². The van der Waals surface area contributed by atoms with Crippen molar-refractivity contribution in [3.8, 4) is 5.75 Å². The third kappa shape index (κ3) is 6.36. The summed E-state index contributed by atoms with van der Waals surface area (Å²) in [6, 6.07) is 17.9. The number of fused-ring (bicyclic) bond motifs is 1. The number of alkyl halides is 3. The summed E-state index contributed by atoms with van der Waals surface area (Å²) in [6.07, 6.45) is -3.31. The monoisotopic (exact) mass is 525 g/mol. The van der Waals surface area contributed by atoms with Crippen molar-refractivity contribution in [2.24, 2.45) is 0 Å². The standard InChI is InChI=1S/C30H30F3NO4/c1-19(2)22-9-7-20(8-10-22)15-29(3)16-24-14-23(11-12-26(24)38-29)28(37)34(18-27(35)36)17-21-5-4-6-25(13-21)30(31,32)33/h4-14,19H,15-18H2,1-3H3,(H,35,36)/t29-/m0/s1. The van der Waals surface area contributed by atoms with Crippen LogP contribution in [0.25, 0.3) is 0 Å². The summed E-state index contributed by atoms with van der Waals surface area (Å²) in [5.74, 6) is -0.737.